The number of aromatic nitrogens is 2. The molecule has 0 unspecified atom stereocenters. The van der Waals surface area contributed by atoms with Crippen molar-refractivity contribution in [2.45, 2.75) is 25.4 Å². The third-order valence-corrected chi connectivity index (χ3v) is 6.72. The van der Waals surface area contributed by atoms with Gasteiger partial charge in [0.2, 0.25) is 11.8 Å². The van der Waals surface area contributed by atoms with Crippen molar-refractivity contribution in [3.63, 3.8) is 0 Å². The number of fused-ring (bicyclic) bond motifs is 1. The van der Waals surface area contributed by atoms with Crippen LogP contribution in [-0.4, -0.2) is 34.3 Å². The topological polar surface area (TPSA) is 96.5 Å². The highest BCUT2D eigenvalue weighted by Crippen LogP contribution is 2.33. The second-order valence-electron chi connectivity index (χ2n) is 8.26. The van der Waals surface area contributed by atoms with Gasteiger partial charge in [0.05, 0.1) is 11.6 Å². The first-order valence-electron chi connectivity index (χ1n) is 11.4. The van der Waals surface area contributed by atoms with E-state index < -0.39 is 0 Å². The molecule has 0 spiro atoms. The van der Waals surface area contributed by atoms with Crippen LogP contribution in [-0.2, 0) is 6.42 Å². The van der Waals surface area contributed by atoms with Crippen molar-refractivity contribution in [2.24, 2.45) is 5.73 Å². The second kappa shape index (κ2) is 10.1. The molecule has 5 rings (SSSR count). The number of anilines is 3. The number of hydrogen-bond acceptors (Lipinski definition) is 8. The number of aliphatic hydroxyl groups excluding tert-OH is 1. The van der Waals surface area contributed by atoms with Gasteiger partial charge < -0.3 is 25.8 Å². The van der Waals surface area contributed by atoms with E-state index in [1.807, 2.05) is 53.9 Å². The van der Waals surface area contributed by atoms with Gasteiger partial charge in [-0.3, -0.25) is 0 Å². The molecule has 0 amide bonds. The number of nitrogens with one attached hydrogen (secondary N) is 1. The Balaban J connectivity index is 1.35. The molecule has 3 heterocycles. The summed E-state index contributed by atoms with van der Waals surface area (Å²) < 4.78 is 7.10. The predicted octanol–water partition coefficient (Wildman–Crippen LogP) is 5.20. The molecule has 0 radical (unpaired) electrons. The number of nitrogens with two attached hydrogens (primary N) is 1. The molecule has 1 saturated heterocycles. The quantitative estimate of drug-likeness (QED) is 0.339. The summed E-state index contributed by atoms with van der Waals surface area (Å²) in [6.45, 7) is 1.74. The normalized spacial score (nSPS) is 14.7. The number of aliphatic hydroxyl groups is 1. The lowest BCUT2D eigenvalue weighted by molar-refractivity contribution is 0.145. The molecule has 34 heavy (non-hydrogen) atoms. The van der Waals surface area contributed by atoms with E-state index in [-0.39, 0.29) is 6.10 Å². The molecule has 8 heteroatoms. The first kappa shape index (κ1) is 22.2. The van der Waals surface area contributed by atoms with Crippen LogP contribution in [0, 0.1) is 0 Å². The Morgan fingerprint density at radius 3 is 2.74 bits per heavy atom. The van der Waals surface area contributed by atoms with Crippen molar-refractivity contribution >= 4 is 38.9 Å². The Morgan fingerprint density at radius 1 is 1.12 bits per heavy atom. The van der Waals surface area contributed by atoms with Crippen molar-refractivity contribution in [1.29, 1.82) is 0 Å². The molecule has 1 fully saturated rings. The van der Waals surface area contributed by atoms with Gasteiger partial charge in [-0.05, 0) is 78.9 Å². The van der Waals surface area contributed by atoms with Gasteiger partial charge in [-0.2, -0.15) is 4.98 Å². The van der Waals surface area contributed by atoms with Gasteiger partial charge >= 0.3 is 0 Å². The van der Waals surface area contributed by atoms with Gasteiger partial charge in [0.25, 0.3) is 0 Å². The Labute approximate surface area is 202 Å². The Hall–Kier alpha value is -3.62. The maximum atomic E-state index is 9.74. The van der Waals surface area contributed by atoms with Crippen molar-refractivity contribution < 1.29 is 9.84 Å². The number of rotatable bonds is 7. The summed E-state index contributed by atoms with van der Waals surface area (Å²) in [6, 6.07) is 18.1. The van der Waals surface area contributed by atoms with Crippen LogP contribution >= 0.6 is 11.3 Å². The van der Waals surface area contributed by atoms with E-state index in [2.05, 4.69) is 32.3 Å². The van der Waals surface area contributed by atoms with E-state index in [0.29, 0.717) is 11.8 Å². The molecule has 4 N–H and O–H groups in total. The molecule has 2 aromatic heterocycles. The average Bonchev–Trinajstić information content (AvgIpc) is 3.33. The molecule has 1 aliphatic heterocycles. The monoisotopic (exact) mass is 473 g/mol. The van der Waals surface area contributed by atoms with Crippen molar-refractivity contribution in [3.8, 4) is 11.6 Å². The van der Waals surface area contributed by atoms with Crippen LogP contribution in [0.4, 0.5) is 17.3 Å². The van der Waals surface area contributed by atoms with Crippen molar-refractivity contribution in [1.82, 2.24) is 9.97 Å². The van der Waals surface area contributed by atoms with E-state index in [9.17, 15) is 5.11 Å². The minimum Gasteiger partial charge on any atom is -0.437 e. The maximum Gasteiger partial charge on any atom is 0.242 e. The third-order valence-electron chi connectivity index (χ3n) is 5.83. The highest BCUT2D eigenvalue weighted by atomic mass is 32.1. The zero-order valence-electron chi connectivity index (χ0n) is 18.7. The highest BCUT2D eigenvalue weighted by molar-refractivity contribution is 7.17. The summed E-state index contributed by atoms with van der Waals surface area (Å²) in [5.41, 5.74) is 9.47. The van der Waals surface area contributed by atoms with Gasteiger partial charge in [-0.25, -0.2) is 4.98 Å². The number of hydrogen-bond donors (Lipinski definition) is 3. The highest BCUT2D eigenvalue weighted by Gasteiger charge is 2.17. The number of benzene rings is 2. The molecule has 0 atom stereocenters. The SMILES string of the molecule is NC=CCc1cccc(Oc2nc(Nc3ccc(N4CCC(O)CC4)cc3)nc3ccsc23)c1. The summed E-state index contributed by atoms with van der Waals surface area (Å²) in [5, 5.41) is 15.0. The number of ether oxygens (including phenoxy) is 1. The lowest BCUT2D eigenvalue weighted by atomic mass is 10.1. The standard InChI is InChI=1S/C26H27N5O2S/c27-13-2-4-18-3-1-5-22(17-18)33-25-24-23(12-16-34-24)29-26(30-25)28-19-6-8-20(9-7-19)31-14-10-21(32)11-15-31/h1-3,5-9,12-13,16-17,21,32H,4,10-11,14-15,27H2,(H,28,29,30). The van der Waals surface area contributed by atoms with Gasteiger partial charge in [-0.1, -0.05) is 18.2 Å². The summed E-state index contributed by atoms with van der Waals surface area (Å²) in [7, 11) is 0. The molecule has 0 bridgehead atoms. The minimum atomic E-state index is -0.178. The molecule has 0 saturated carbocycles. The van der Waals surface area contributed by atoms with E-state index in [0.717, 1.165) is 65.3 Å². The smallest absolute Gasteiger partial charge is 0.242 e. The van der Waals surface area contributed by atoms with Crippen LogP contribution in [0.1, 0.15) is 18.4 Å². The molecular formula is C26H27N5O2S. The Kier molecular flexibility index (Phi) is 6.60. The van der Waals surface area contributed by atoms with Crippen LogP contribution < -0.4 is 20.7 Å². The van der Waals surface area contributed by atoms with Gasteiger partial charge in [0.15, 0.2) is 0 Å². The number of piperidine rings is 1. The summed E-state index contributed by atoms with van der Waals surface area (Å²) in [6.07, 6.45) is 5.64. The lowest BCUT2D eigenvalue weighted by Gasteiger charge is -2.31. The summed E-state index contributed by atoms with van der Waals surface area (Å²) >= 11 is 1.56. The first-order valence-corrected chi connectivity index (χ1v) is 12.2. The first-order chi connectivity index (χ1) is 16.7. The molecular weight excluding hydrogens is 446 g/mol. The molecule has 7 nitrogen and oxygen atoms in total. The molecule has 2 aromatic carbocycles. The summed E-state index contributed by atoms with van der Waals surface area (Å²) in [5.74, 6) is 1.73. The van der Waals surface area contributed by atoms with Gasteiger partial charge in [0.1, 0.15) is 10.4 Å². The zero-order valence-corrected chi connectivity index (χ0v) is 19.5. The van der Waals surface area contributed by atoms with Crippen LogP contribution in [0.15, 0.2) is 72.3 Å². The van der Waals surface area contributed by atoms with E-state index in [1.54, 1.807) is 17.5 Å². The second-order valence-corrected chi connectivity index (χ2v) is 9.18. The molecule has 174 valence electrons. The molecule has 0 aliphatic carbocycles. The van der Waals surface area contributed by atoms with Crippen LogP contribution in [0.5, 0.6) is 11.6 Å². The van der Waals surface area contributed by atoms with Crippen LogP contribution in [0.2, 0.25) is 0 Å². The fourth-order valence-corrected chi connectivity index (χ4v) is 4.78. The fraction of sp³-hybridized carbons (Fsp3) is 0.231. The number of allylic oxidation sites excluding steroid dienone is 1. The third kappa shape index (κ3) is 5.13. The van der Waals surface area contributed by atoms with E-state index in [1.165, 1.54) is 0 Å². The minimum absolute atomic E-state index is 0.178. The molecule has 1 aliphatic rings. The lowest BCUT2D eigenvalue weighted by Crippen LogP contribution is -2.35. The number of nitrogens with zero attached hydrogens (tertiary/aromatic N) is 3. The van der Waals surface area contributed by atoms with Gasteiger partial charge in [-0.15, -0.1) is 11.3 Å². The Bertz CT molecular complexity index is 1280. The van der Waals surface area contributed by atoms with Crippen molar-refractivity contribution in [2.75, 3.05) is 23.3 Å². The largest absolute Gasteiger partial charge is 0.437 e. The predicted molar refractivity (Wildman–Crippen MR) is 138 cm³/mol. The van der Waals surface area contributed by atoms with Gasteiger partial charge in [0, 0.05) is 24.5 Å². The fourth-order valence-electron chi connectivity index (χ4n) is 4.02. The summed E-state index contributed by atoms with van der Waals surface area (Å²) in [4.78, 5) is 11.6. The van der Waals surface area contributed by atoms with Crippen molar-refractivity contribution in [3.05, 3.63) is 77.8 Å². The Morgan fingerprint density at radius 2 is 1.94 bits per heavy atom. The van der Waals surface area contributed by atoms with E-state index >= 15 is 0 Å². The van der Waals surface area contributed by atoms with Crippen LogP contribution in [0.25, 0.3) is 10.2 Å². The van der Waals surface area contributed by atoms with Crippen LogP contribution in [0.3, 0.4) is 0 Å². The zero-order chi connectivity index (χ0) is 23.3. The molecule has 4 aromatic rings. The number of thiophene rings is 1. The average molecular weight is 474 g/mol. The van der Waals surface area contributed by atoms with E-state index in [4.69, 9.17) is 10.5 Å². The maximum absolute atomic E-state index is 9.74.